The quantitative estimate of drug-likeness (QED) is 0.0436. The Morgan fingerprint density at radius 1 is 0.962 bits per heavy atom. The van der Waals surface area contributed by atoms with Gasteiger partial charge in [0.25, 0.3) is 5.91 Å². The molecule has 0 fully saturated rings. The number of carbonyl (C=O) groups is 4. The van der Waals surface area contributed by atoms with Gasteiger partial charge in [0.15, 0.2) is 12.1 Å². The second-order valence-corrected chi connectivity index (χ2v) is 12.4. The minimum absolute atomic E-state index is 0.142. The van der Waals surface area contributed by atoms with Crippen LogP contribution >= 0.6 is 0 Å². The number of allylic oxidation sites excluding steroid dienone is 10. The normalized spacial score (nSPS) is 12.6. The van der Waals surface area contributed by atoms with Gasteiger partial charge < -0.3 is 41.1 Å². The van der Waals surface area contributed by atoms with Gasteiger partial charge in [0.1, 0.15) is 6.61 Å². The van der Waals surface area contributed by atoms with Crippen molar-refractivity contribution in [3.63, 3.8) is 0 Å². The lowest BCUT2D eigenvalue weighted by Crippen LogP contribution is -2.49. The van der Waals surface area contributed by atoms with Crippen molar-refractivity contribution in [2.75, 3.05) is 27.2 Å². The van der Waals surface area contributed by atoms with Crippen LogP contribution in [0.5, 0.6) is 0 Å². The van der Waals surface area contributed by atoms with Crippen LogP contribution in [0.3, 0.4) is 0 Å². The molecule has 1 amide bonds. The molecule has 1 aromatic rings. The number of nitrogens with two attached hydrogens (primary N) is 2. The van der Waals surface area contributed by atoms with Gasteiger partial charge >= 0.3 is 11.9 Å². The summed E-state index contributed by atoms with van der Waals surface area (Å²) in [5.74, 6) is -3.28. The van der Waals surface area contributed by atoms with Crippen molar-refractivity contribution >= 4 is 35.7 Å². The Labute approximate surface area is 314 Å². The maximum Gasteiger partial charge on any atom is 0.340 e. The zero-order valence-corrected chi connectivity index (χ0v) is 31.8. The molecule has 1 atom stereocenters. The summed E-state index contributed by atoms with van der Waals surface area (Å²) in [4.78, 5) is 57.5. The maximum atomic E-state index is 12.9. The zero-order valence-electron chi connectivity index (χ0n) is 31.8. The molecule has 0 saturated carbocycles. The van der Waals surface area contributed by atoms with Gasteiger partial charge in [0.2, 0.25) is 5.96 Å². The van der Waals surface area contributed by atoms with Gasteiger partial charge in [-0.2, -0.15) is 4.99 Å². The van der Waals surface area contributed by atoms with Gasteiger partial charge in [-0.15, -0.1) is 0 Å². The molecule has 0 unspecified atom stereocenters. The fourth-order valence-electron chi connectivity index (χ4n) is 3.98. The SMILES string of the molecule is CC/C=C\C/C=C\C/C=C\C/C=C\C/C=C\CCCC(=O)OCC(C)(C)[C@@H](OC(=O)c1cccnc1)C(=O)NCCC(=O)[O-].CN(C)C(N)=NC(=N)N. The van der Waals surface area contributed by atoms with Gasteiger partial charge in [-0.1, -0.05) is 81.5 Å². The van der Waals surface area contributed by atoms with Crippen molar-refractivity contribution in [1.29, 1.82) is 5.41 Å². The number of amides is 1. The number of nitrogens with one attached hydrogen (secondary N) is 2. The van der Waals surface area contributed by atoms with E-state index < -0.39 is 41.8 Å². The third-order valence-electron chi connectivity index (χ3n) is 6.91. The number of carboxylic acids is 1. The summed E-state index contributed by atoms with van der Waals surface area (Å²) in [5, 5.41) is 19.9. The maximum absolute atomic E-state index is 12.9. The fraction of sp³-hybridized carbons (Fsp3) is 0.462. The molecule has 0 aromatic carbocycles. The molecule has 0 saturated heterocycles. The summed E-state index contributed by atoms with van der Waals surface area (Å²) in [7, 11) is 3.45. The molecule has 0 aliphatic rings. The highest BCUT2D eigenvalue weighted by molar-refractivity contribution is 5.92. The third kappa shape index (κ3) is 26.0. The number of aliphatic carboxylic acids is 1. The van der Waals surface area contributed by atoms with E-state index in [4.69, 9.17) is 26.4 Å². The van der Waals surface area contributed by atoms with E-state index in [1.807, 2.05) is 6.08 Å². The predicted octanol–water partition coefficient (Wildman–Crippen LogP) is 4.11. The molecule has 14 nitrogen and oxygen atoms in total. The minimum Gasteiger partial charge on any atom is -0.550 e. The number of aliphatic imine (C=N–C) groups is 1. The van der Waals surface area contributed by atoms with Crippen LogP contribution in [0.15, 0.2) is 90.3 Å². The molecule has 1 aromatic heterocycles. The van der Waals surface area contributed by atoms with E-state index in [9.17, 15) is 24.3 Å². The molecule has 0 aliphatic heterocycles. The molecule has 0 bridgehead atoms. The van der Waals surface area contributed by atoms with E-state index in [0.29, 0.717) is 6.42 Å². The largest absolute Gasteiger partial charge is 0.550 e. The average Bonchev–Trinajstić information content (AvgIpc) is 3.11. The zero-order chi connectivity index (χ0) is 39.9. The van der Waals surface area contributed by atoms with Crippen LogP contribution in [0.4, 0.5) is 0 Å². The number of carbonyl (C=O) groups excluding carboxylic acids is 4. The molecule has 0 aliphatic carbocycles. The van der Waals surface area contributed by atoms with Gasteiger partial charge in [-0.3, -0.25) is 20.0 Å². The van der Waals surface area contributed by atoms with E-state index in [1.165, 1.54) is 18.5 Å². The highest BCUT2D eigenvalue weighted by atomic mass is 16.6. The topological polar surface area (TPSA) is 226 Å². The first-order valence-corrected chi connectivity index (χ1v) is 17.6. The molecule has 292 valence electrons. The summed E-state index contributed by atoms with van der Waals surface area (Å²) in [5.41, 5.74) is 9.23. The van der Waals surface area contributed by atoms with E-state index in [-0.39, 0.29) is 37.1 Å². The fourth-order valence-corrected chi connectivity index (χ4v) is 3.98. The lowest BCUT2D eigenvalue weighted by Gasteiger charge is -2.32. The number of nitrogens with zero attached hydrogens (tertiary/aromatic N) is 3. The summed E-state index contributed by atoms with van der Waals surface area (Å²) in [6.07, 6.45) is 28.6. The van der Waals surface area contributed by atoms with Gasteiger partial charge in [0.05, 0.1) is 5.56 Å². The number of pyridine rings is 1. The molecule has 53 heavy (non-hydrogen) atoms. The lowest BCUT2D eigenvalue weighted by atomic mass is 9.86. The van der Waals surface area contributed by atoms with Crippen LogP contribution in [0.2, 0.25) is 0 Å². The molecule has 0 radical (unpaired) electrons. The Morgan fingerprint density at radius 2 is 1.53 bits per heavy atom. The van der Waals surface area contributed by atoms with Crippen molar-refractivity contribution in [2.24, 2.45) is 21.9 Å². The van der Waals surface area contributed by atoms with Crippen molar-refractivity contribution in [1.82, 2.24) is 15.2 Å². The van der Waals surface area contributed by atoms with E-state index in [0.717, 1.165) is 38.5 Å². The summed E-state index contributed by atoms with van der Waals surface area (Å²) < 4.78 is 10.9. The smallest absolute Gasteiger partial charge is 0.340 e. The van der Waals surface area contributed by atoms with E-state index in [2.05, 4.69) is 76.9 Å². The molecule has 0 spiro atoms. The Balaban J connectivity index is 0.00000264. The number of rotatable bonds is 22. The highest BCUT2D eigenvalue weighted by Crippen LogP contribution is 2.26. The number of hydrogen-bond donors (Lipinski definition) is 4. The van der Waals surface area contributed by atoms with E-state index in [1.54, 1.807) is 38.9 Å². The van der Waals surface area contributed by atoms with Crippen molar-refractivity contribution in [2.45, 2.75) is 84.7 Å². The van der Waals surface area contributed by atoms with Crippen LogP contribution in [0.1, 0.15) is 88.9 Å². The predicted molar refractivity (Wildman–Crippen MR) is 206 cm³/mol. The van der Waals surface area contributed by atoms with Crippen LogP contribution in [0, 0.1) is 10.8 Å². The summed E-state index contributed by atoms with van der Waals surface area (Å²) in [6.45, 7) is 4.98. The third-order valence-corrected chi connectivity index (χ3v) is 6.91. The number of guanidine groups is 2. The average molecular weight is 737 g/mol. The van der Waals surface area contributed by atoms with Gasteiger partial charge in [-0.25, -0.2) is 4.79 Å². The number of carboxylic acid groups (broad SMARTS) is 1. The summed E-state index contributed by atoms with van der Waals surface area (Å²) in [6, 6.07) is 3.04. The van der Waals surface area contributed by atoms with Crippen molar-refractivity contribution in [3.05, 3.63) is 90.9 Å². The molecule has 6 N–H and O–H groups in total. The van der Waals surface area contributed by atoms with Gasteiger partial charge in [-0.05, 0) is 57.1 Å². The van der Waals surface area contributed by atoms with Crippen molar-refractivity contribution < 1.29 is 33.8 Å². The monoisotopic (exact) mass is 736 g/mol. The van der Waals surface area contributed by atoms with E-state index >= 15 is 0 Å². The first-order valence-electron chi connectivity index (χ1n) is 17.6. The van der Waals surface area contributed by atoms with Gasteiger partial charge in [0, 0.05) is 57.3 Å². The number of esters is 2. The number of ether oxygens (including phenoxy) is 2. The highest BCUT2D eigenvalue weighted by Gasteiger charge is 2.40. The first kappa shape index (κ1) is 47.5. The van der Waals surface area contributed by atoms with Crippen LogP contribution in [-0.2, 0) is 23.9 Å². The molecule has 1 heterocycles. The Bertz CT molecular complexity index is 1430. The number of aromatic nitrogens is 1. The molecule has 1 rings (SSSR count). The summed E-state index contributed by atoms with van der Waals surface area (Å²) >= 11 is 0. The Morgan fingerprint density at radius 3 is 2.00 bits per heavy atom. The molecule has 14 heteroatoms. The molecular formula is C39H58N7O7-. The Kier molecular flexibility index (Phi) is 26.1. The lowest BCUT2D eigenvalue weighted by molar-refractivity contribution is -0.305. The first-order chi connectivity index (χ1) is 25.2. The Hall–Kier alpha value is -5.53. The standard InChI is InChI=1S/C35H48N2O7.C4H11N5/c1-4-5-6-7-8-9-10-11-12-13-14-15-16-17-18-19-20-23-31(40)43-28-35(2,3)32(33(41)37-26-24-30(38)39)44-34(42)29-22-21-25-36-27-29;1-9(2)4(7)8-3(5)6/h5-6,8-9,11-12,14-15,17-18,21-22,25,27,32H,4,7,10,13,16,19-20,23-24,26,28H2,1-3H3,(H,37,41)(H,38,39);1-2H3,(H5,5,6,7,8)/p-1/b6-5-,9-8-,12-11-,15-14-,18-17-;/t32-;/m0./s1. The van der Waals surface area contributed by atoms with Crippen LogP contribution in [0.25, 0.3) is 0 Å². The van der Waals surface area contributed by atoms with Crippen LogP contribution in [-0.4, -0.2) is 79.0 Å². The molecular weight excluding hydrogens is 678 g/mol. The minimum atomic E-state index is -1.36. The number of unbranched alkanes of at least 4 members (excludes halogenated alkanes) is 1. The van der Waals surface area contributed by atoms with Crippen LogP contribution < -0.4 is 21.9 Å². The second-order valence-electron chi connectivity index (χ2n) is 12.4. The van der Waals surface area contributed by atoms with Crippen molar-refractivity contribution in [3.8, 4) is 0 Å². The second kappa shape index (κ2) is 29.1. The number of hydrogen-bond acceptors (Lipinski definition) is 9.